The van der Waals surface area contributed by atoms with Crippen molar-refractivity contribution in [1.29, 1.82) is 0 Å². The van der Waals surface area contributed by atoms with Crippen LogP contribution in [0.5, 0.6) is 0 Å². The van der Waals surface area contributed by atoms with Gasteiger partial charge < -0.3 is 14.7 Å². The van der Waals surface area contributed by atoms with Crippen LogP contribution in [0, 0.1) is 13.8 Å². The van der Waals surface area contributed by atoms with Gasteiger partial charge in [0.15, 0.2) is 0 Å². The second-order valence-corrected chi connectivity index (χ2v) is 4.84. The Hall–Kier alpha value is -1.07. The van der Waals surface area contributed by atoms with E-state index in [0.717, 1.165) is 32.5 Å². The van der Waals surface area contributed by atoms with Gasteiger partial charge in [0.1, 0.15) is 11.3 Å². The van der Waals surface area contributed by atoms with Crippen LogP contribution in [0.1, 0.15) is 41.6 Å². The molecule has 0 spiro atoms. The molecule has 1 aliphatic rings. The molecule has 1 unspecified atom stereocenters. The highest BCUT2D eigenvalue weighted by molar-refractivity contribution is 5.96. The van der Waals surface area contributed by atoms with Gasteiger partial charge in [-0.25, -0.2) is 0 Å². The standard InChI is InChI=1S/C13H21N3O2.ClH/c1-4-7-16(11-5-6-14-8-11)13(17)12-9(2)15-18-10(12)3;/h11,14H,4-8H2,1-3H3;1H. The zero-order valence-corrected chi connectivity index (χ0v) is 12.5. The molecule has 6 heteroatoms. The molecule has 1 aliphatic heterocycles. The Kier molecular flexibility index (Phi) is 5.82. The number of carbonyl (C=O) groups is 1. The molecule has 0 saturated carbocycles. The first-order chi connectivity index (χ1) is 8.65. The average molecular weight is 288 g/mol. The molecule has 1 amide bonds. The first-order valence-electron chi connectivity index (χ1n) is 6.59. The number of carbonyl (C=O) groups excluding carboxylic acids is 1. The zero-order valence-electron chi connectivity index (χ0n) is 11.7. The summed E-state index contributed by atoms with van der Waals surface area (Å²) in [5, 5.41) is 7.18. The van der Waals surface area contributed by atoms with Gasteiger partial charge in [-0.1, -0.05) is 12.1 Å². The molecule has 2 rings (SSSR count). The fourth-order valence-corrected chi connectivity index (χ4v) is 2.53. The SMILES string of the molecule is CCCN(C(=O)c1c(C)noc1C)C1CCNC1.Cl. The van der Waals surface area contributed by atoms with E-state index in [4.69, 9.17) is 4.52 Å². The molecule has 1 aromatic rings. The maximum absolute atomic E-state index is 12.6. The molecule has 0 bridgehead atoms. The smallest absolute Gasteiger partial charge is 0.259 e. The van der Waals surface area contributed by atoms with Gasteiger partial charge in [0.2, 0.25) is 0 Å². The lowest BCUT2D eigenvalue weighted by Crippen LogP contribution is -2.42. The minimum Gasteiger partial charge on any atom is -0.361 e. The predicted molar refractivity (Wildman–Crippen MR) is 75.8 cm³/mol. The summed E-state index contributed by atoms with van der Waals surface area (Å²) in [6, 6.07) is 0.297. The molecule has 1 saturated heterocycles. The second-order valence-electron chi connectivity index (χ2n) is 4.84. The topological polar surface area (TPSA) is 58.4 Å². The normalized spacial score (nSPS) is 18.2. The van der Waals surface area contributed by atoms with Crippen molar-refractivity contribution in [1.82, 2.24) is 15.4 Å². The Morgan fingerprint density at radius 2 is 2.26 bits per heavy atom. The summed E-state index contributed by atoms with van der Waals surface area (Å²) in [4.78, 5) is 14.6. The van der Waals surface area contributed by atoms with Crippen molar-refractivity contribution in [2.24, 2.45) is 0 Å². The van der Waals surface area contributed by atoms with Crippen molar-refractivity contribution in [3.05, 3.63) is 17.0 Å². The van der Waals surface area contributed by atoms with Gasteiger partial charge in [0, 0.05) is 19.1 Å². The molecule has 1 fully saturated rings. The number of hydrogen-bond donors (Lipinski definition) is 1. The summed E-state index contributed by atoms with van der Waals surface area (Å²) in [5.41, 5.74) is 1.32. The number of amides is 1. The Morgan fingerprint density at radius 3 is 2.74 bits per heavy atom. The molecular formula is C13H22ClN3O2. The Balaban J connectivity index is 0.00000180. The Labute approximate surface area is 120 Å². The highest BCUT2D eigenvalue weighted by atomic mass is 35.5. The van der Waals surface area contributed by atoms with Gasteiger partial charge in [-0.15, -0.1) is 12.4 Å². The summed E-state index contributed by atoms with van der Waals surface area (Å²) in [7, 11) is 0. The Bertz CT molecular complexity index is 408. The third-order valence-corrected chi connectivity index (χ3v) is 3.45. The number of nitrogens with zero attached hydrogens (tertiary/aromatic N) is 2. The first-order valence-corrected chi connectivity index (χ1v) is 6.59. The molecule has 5 nitrogen and oxygen atoms in total. The summed E-state index contributed by atoms with van der Waals surface area (Å²) in [6.07, 6.45) is 1.99. The quantitative estimate of drug-likeness (QED) is 0.919. The van der Waals surface area contributed by atoms with Crippen LogP contribution in [0.15, 0.2) is 4.52 Å². The Morgan fingerprint density at radius 1 is 1.53 bits per heavy atom. The first kappa shape index (κ1) is 16.0. The fraction of sp³-hybridized carbons (Fsp3) is 0.692. The van der Waals surface area contributed by atoms with Gasteiger partial charge in [-0.2, -0.15) is 0 Å². The van der Waals surface area contributed by atoms with Gasteiger partial charge in [0.25, 0.3) is 5.91 Å². The molecule has 1 aromatic heterocycles. The molecule has 1 atom stereocenters. The van der Waals surface area contributed by atoms with E-state index in [9.17, 15) is 4.79 Å². The predicted octanol–water partition coefficient (Wildman–Crippen LogP) is 1.93. The van der Waals surface area contributed by atoms with E-state index in [2.05, 4.69) is 17.4 Å². The van der Waals surface area contributed by atoms with Crippen molar-refractivity contribution in [2.45, 2.75) is 39.7 Å². The van der Waals surface area contributed by atoms with E-state index in [-0.39, 0.29) is 18.3 Å². The van der Waals surface area contributed by atoms with Crippen molar-refractivity contribution in [3.63, 3.8) is 0 Å². The highest BCUT2D eigenvalue weighted by Crippen LogP contribution is 2.19. The van der Waals surface area contributed by atoms with E-state index in [1.807, 2.05) is 11.8 Å². The van der Waals surface area contributed by atoms with Gasteiger partial charge in [-0.05, 0) is 33.2 Å². The molecule has 0 aromatic carbocycles. The lowest BCUT2D eigenvalue weighted by Gasteiger charge is -2.28. The molecule has 2 heterocycles. The van der Waals surface area contributed by atoms with Crippen LogP contribution in [0.2, 0.25) is 0 Å². The largest absolute Gasteiger partial charge is 0.361 e. The zero-order chi connectivity index (χ0) is 13.1. The van der Waals surface area contributed by atoms with Crippen molar-refractivity contribution < 1.29 is 9.32 Å². The molecule has 1 N–H and O–H groups in total. The van der Waals surface area contributed by atoms with Crippen LogP contribution in [0.4, 0.5) is 0 Å². The molecule has 19 heavy (non-hydrogen) atoms. The van der Waals surface area contributed by atoms with Crippen LogP contribution in [0.25, 0.3) is 0 Å². The summed E-state index contributed by atoms with van der Waals surface area (Å²) in [6.45, 7) is 8.37. The molecule has 0 aliphatic carbocycles. The minimum absolute atomic E-state index is 0. The minimum atomic E-state index is 0. The van der Waals surface area contributed by atoms with Crippen LogP contribution >= 0.6 is 12.4 Å². The maximum atomic E-state index is 12.6. The van der Waals surface area contributed by atoms with E-state index >= 15 is 0 Å². The van der Waals surface area contributed by atoms with Crippen molar-refractivity contribution in [3.8, 4) is 0 Å². The maximum Gasteiger partial charge on any atom is 0.259 e. The number of aromatic nitrogens is 1. The molecule has 108 valence electrons. The molecular weight excluding hydrogens is 266 g/mol. The third-order valence-electron chi connectivity index (χ3n) is 3.45. The number of aryl methyl sites for hydroxylation is 2. The number of rotatable bonds is 4. The highest BCUT2D eigenvalue weighted by Gasteiger charge is 2.29. The van der Waals surface area contributed by atoms with Gasteiger partial charge >= 0.3 is 0 Å². The average Bonchev–Trinajstić information content (AvgIpc) is 2.96. The fourth-order valence-electron chi connectivity index (χ4n) is 2.53. The van der Waals surface area contributed by atoms with Crippen LogP contribution < -0.4 is 5.32 Å². The summed E-state index contributed by atoms with van der Waals surface area (Å²) < 4.78 is 5.09. The van der Waals surface area contributed by atoms with Crippen molar-refractivity contribution in [2.75, 3.05) is 19.6 Å². The van der Waals surface area contributed by atoms with Gasteiger partial charge in [0.05, 0.1) is 5.69 Å². The van der Waals surface area contributed by atoms with Crippen LogP contribution in [-0.4, -0.2) is 41.6 Å². The van der Waals surface area contributed by atoms with E-state index in [1.165, 1.54) is 0 Å². The second kappa shape index (κ2) is 6.91. The van der Waals surface area contributed by atoms with Crippen LogP contribution in [-0.2, 0) is 0 Å². The molecule has 0 radical (unpaired) electrons. The third kappa shape index (κ3) is 3.28. The van der Waals surface area contributed by atoms with E-state index in [1.54, 1.807) is 6.92 Å². The lowest BCUT2D eigenvalue weighted by molar-refractivity contribution is 0.0690. The monoisotopic (exact) mass is 287 g/mol. The number of nitrogens with one attached hydrogen (secondary N) is 1. The van der Waals surface area contributed by atoms with E-state index < -0.39 is 0 Å². The lowest BCUT2D eigenvalue weighted by atomic mass is 10.1. The van der Waals surface area contributed by atoms with Crippen LogP contribution in [0.3, 0.4) is 0 Å². The summed E-state index contributed by atoms with van der Waals surface area (Å²) in [5.74, 6) is 0.673. The number of halogens is 1. The summed E-state index contributed by atoms with van der Waals surface area (Å²) >= 11 is 0. The van der Waals surface area contributed by atoms with E-state index in [0.29, 0.717) is 23.1 Å². The van der Waals surface area contributed by atoms with Crippen molar-refractivity contribution >= 4 is 18.3 Å². The van der Waals surface area contributed by atoms with Gasteiger partial charge in [-0.3, -0.25) is 4.79 Å². The number of hydrogen-bond acceptors (Lipinski definition) is 4.